The number of amides is 2. The Morgan fingerprint density at radius 1 is 1.06 bits per heavy atom. The van der Waals surface area contributed by atoms with Gasteiger partial charge >= 0.3 is 0 Å². The van der Waals surface area contributed by atoms with Gasteiger partial charge in [0, 0.05) is 31.6 Å². The maximum Gasteiger partial charge on any atom is 0.251 e. The fourth-order valence-corrected chi connectivity index (χ4v) is 3.87. The highest BCUT2D eigenvalue weighted by atomic mass is 16.5. The molecule has 33 heavy (non-hydrogen) atoms. The molecule has 8 heteroatoms. The minimum absolute atomic E-state index is 0.184. The number of carbonyl (C=O) groups excluding carboxylic acids is 2. The number of allylic oxidation sites excluding steroid dienone is 1. The molecule has 4 atom stereocenters. The molecule has 1 aliphatic heterocycles. The van der Waals surface area contributed by atoms with Gasteiger partial charge in [0.1, 0.15) is 12.2 Å². The van der Waals surface area contributed by atoms with Gasteiger partial charge < -0.3 is 30.7 Å². The third-order valence-corrected chi connectivity index (χ3v) is 5.63. The number of benzene rings is 2. The number of carbonyl (C=O) groups is 2. The van der Waals surface area contributed by atoms with E-state index in [0.717, 1.165) is 5.56 Å². The number of hydrogen-bond acceptors (Lipinski definition) is 6. The van der Waals surface area contributed by atoms with Crippen LogP contribution in [0.25, 0.3) is 6.08 Å². The summed E-state index contributed by atoms with van der Waals surface area (Å²) in [4.78, 5) is 24.1. The predicted octanol–water partition coefficient (Wildman–Crippen LogP) is 1.21. The van der Waals surface area contributed by atoms with Crippen LogP contribution >= 0.6 is 0 Å². The summed E-state index contributed by atoms with van der Waals surface area (Å²) in [5.74, 6) is -0.560. The first-order valence-electron chi connectivity index (χ1n) is 10.8. The number of ether oxygens (including phenoxy) is 1. The molecule has 2 amide bonds. The third kappa shape index (κ3) is 6.06. The Kier molecular flexibility index (Phi) is 8.35. The van der Waals surface area contributed by atoms with Gasteiger partial charge in [-0.25, -0.2) is 0 Å². The Morgan fingerprint density at radius 3 is 2.33 bits per heavy atom. The van der Waals surface area contributed by atoms with Crippen molar-refractivity contribution in [2.75, 3.05) is 20.7 Å². The Hall–Kier alpha value is -3.04. The molecule has 1 fully saturated rings. The smallest absolute Gasteiger partial charge is 0.251 e. The van der Waals surface area contributed by atoms with Crippen molar-refractivity contribution in [3.8, 4) is 0 Å². The Bertz CT molecular complexity index is 987. The van der Waals surface area contributed by atoms with E-state index < -0.39 is 24.4 Å². The van der Waals surface area contributed by atoms with Crippen molar-refractivity contribution in [3.05, 3.63) is 76.4 Å². The molecule has 176 valence electrons. The highest BCUT2D eigenvalue weighted by Gasteiger charge is 2.37. The number of rotatable bonds is 7. The average Bonchev–Trinajstić information content (AvgIpc) is 2.84. The fourth-order valence-electron chi connectivity index (χ4n) is 3.87. The summed E-state index contributed by atoms with van der Waals surface area (Å²) in [6.07, 6.45) is 1.20. The second-order valence-corrected chi connectivity index (χ2v) is 8.01. The Balaban J connectivity index is 1.78. The standard InChI is InChI=1S/C25H30N2O6/c1-26-24(31)18-10-16(11-19(12-18)25(32)27-2)7-3-5-15-6-4-8-17(9-15)23-22(30)21(29)13-20(14-28)33-23/h3-4,6-12,20-23,28-30H,5,13-14H2,1-2H3,(H,26,31)(H,27,32)/b7-3+/t20-,21-,22-,23+/m0/s1. The van der Waals surface area contributed by atoms with E-state index >= 15 is 0 Å². The molecule has 0 aliphatic carbocycles. The molecular formula is C25H30N2O6. The zero-order valence-electron chi connectivity index (χ0n) is 18.7. The van der Waals surface area contributed by atoms with Crippen molar-refractivity contribution in [2.24, 2.45) is 0 Å². The SMILES string of the molecule is CNC(=O)c1cc(/C=C/Cc2cccc([C@H]3O[C@H](CO)C[C@H](O)[C@@H]3O)c2)cc(C(=O)NC)c1. The molecule has 1 aliphatic rings. The first-order valence-corrected chi connectivity index (χ1v) is 10.8. The predicted molar refractivity (Wildman–Crippen MR) is 124 cm³/mol. The minimum atomic E-state index is -1.07. The molecule has 0 saturated carbocycles. The number of nitrogens with one attached hydrogen (secondary N) is 2. The van der Waals surface area contributed by atoms with E-state index in [1.54, 1.807) is 18.2 Å². The first kappa shape index (κ1) is 24.6. The molecule has 0 radical (unpaired) electrons. The first-order chi connectivity index (χ1) is 15.9. The van der Waals surface area contributed by atoms with Crippen LogP contribution in [0.4, 0.5) is 0 Å². The normalized spacial score (nSPS) is 22.8. The maximum absolute atomic E-state index is 12.1. The molecule has 1 heterocycles. The summed E-state index contributed by atoms with van der Waals surface area (Å²) in [7, 11) is 3.07. The van der Waals surface area contributed by atoms with Crippen molar-refractivity contribution in [1.29, 1.82) is 0 Å². The van der Waals surface area contributed by atoms with E-state index in [-0.39, 0.29) is 24.8 Å². The molecule has 8 nitrogen and oxygen atoms in total. The minimum Gasteiger partial charge on any atom is -0.394 e. The van der Waals surface area contributed by atoms with E-state index in [0.29, 0.717) is 28.7 Å². The summed E-state index contributed by atoms with van der Waals surface area (Å²) in [6.45, 7) is -0.226. The van der Waals surface area contributed by atoms with Gasteiger partial charge in [-0.1, -0.05) is 36.4 Å². The van der Waals surface area contributed by atoms with Gasteiger partial charge in [0.15, 0.2) is 0 Å². The van der Waals surface area contributed by atoms with Crippen LogP contribution in [0.1, 0.15) is 49.9 Å². The fraction of sp³-hybridized carbons (Fsp3) is 0.360. The molecule has 1 saturated heterocycles. The van der Waals surface area contributed by atoms with Gasteiger partial charge in [0.2, 0.25) is 0 Å². The summed E-state index contributed by atoms with van der Waals surface area (Å²) in [6, 6.07) is 12.4. The maximum atomic E-state index is 12.1. The van der Waals surface area contributed by atoms with E-state index in [1.807, 2.05) is 36.4 Å². The number of hydrogen-bond donors (Lipinski definition) is 5. The van der Waals surface area contributed by atoms with Gasteiger partial charge in [-0.05, 0) is 41.3 Å². The molecule has 3 rings (SSSR count). The molecule has 2 aromatic carbocycles. The molecule has 0 aromatic heterocycles. The van der Waals surface area contributed by atoms with Crippen LogP contribution in [0, 0.1) is 0 Å². The van der Waals surface area contributed by atoms with E-state index in [2.05, 4.69) is 10.6 Å². The van der Waals surface area contributed by atoms with Gasteiger partial charge in [-0.15, -0.1) is 0 Å². The lowest BCUT2D eigenvalue weighted by atomic mass is 9.92. The van der Waals surface area contributed by atoms with Crippen LogP contribution in [0.15, 0.2) is 48.5 Å². The van der Waals surface area contributed by atoms with Crippen molar-refractivity contribution < 1.29 is 29.6 Å². The van der Waals surface area contributed by atoms with E-state index in [4.69, 9.17) is 4.74 Å². The lowest BCUT2D eigenvalue weighted by molar-refractivity contribution is -0.179. The topological polar surface area (TPSA) is 128 Å². The third-order valence-electron chi connectivity index (χ3n) is 5.63. The molecule has 0 unspecified atom stereocenters. The van der Waals surface area contributed by atoms with Crippen LogP contribution in [-0.2, 0) is 11.2 Å². The summed E-state index contributed by atoms with van der Waals surface area (Å²) >= 11 is 0. The van der Waals surface area contributed by atoms with Crippen LogP contribution in [-0.4, -0.2) is 66.1 Å². The number of aliphatic hydroxyl groups excluding tert-OH is 3. The van der Waals surface area contributed by atoms with Crippen molar-refractivity contribution in [1.82, 2.24) is 10.6 Å². The quantitative estimate of drug-likeness (QED) is 0.428. The average molecular weight is 455 g/mol. The molecule has 5 N–H and O–H groups in total. The van der Waals surface area contributed by atoms with Gasteiger partial charge in [-0.3, -0.25) is 9.59 Å². The lowest BCUT2D eigenvalue weighted by Gasteiger charge is -2.37. The Morgan fingerprint density at radius 2 is 1.73 bits per heavy atom. The highest BCUT2D eigenvalue weighted by molar-refractivity contribution is 6.00. The summed E-state index contributed by atoms with van der Waals surface area (Å²) in [5, 5.41) is 35.0. The molecule has 0 spiro atoms. The Labute approximate surface area is 192 Å². The lowest BCUT2D eigenvalue weighted by Crippen LogP contribution is -2.44. The van der Waals surface area contributed by atoms with E-state index in [1.165, 1.54) is 14.1 Å². The highest BCUT2D eigenvalue weighted by Crippen LogP contribution is 2.32. The molecule has 2 aromatic rings. The van der Waals surface area contributed by atoms with E-state index in [9.17, 15) is 24.9 Å². The second kappa shape index (κ2) is 11.2. The summed E-state index contributed by atoms with van der Waals surface area (Å²) < 4.78 is 5.77. The monoisotopic (exact) mass is 454 g/mol. The zero-order valence-corrected chi connectivity index (χ0v) is 18.7. The van der Waals surface area contributed by atoms with Crippen LogP contribution in [0.2, 0.25) is 0 Å². The van der Waals surface area contributed by atoms with Crippen LogP contribution in [0.3, 0.4) is 0 Å². The van der Waals surface area contributed by atoms with Crippen molar-refractivity contribution in [2.45, 2.75) is 37.3 Å². The van der Waals surface area contributed by atoms with Gasteiger partial charge in [0.05, 0.1) is 18.8 Å². The zero-order chi connectivity index (χ0) is 24.0. The van der Waals surface area contributed by atoms with Crippen LogP contribution in [0.5, 0.6) is 0 Å². The molecular weight excluding hydrogens is 424 g/mol. The van der Waals surface area contributed by atoms with Crippen LogP contribution < -0.4 is 10.6 Å². The molecule has 0 bridgehead atoms. The van der Waals surface area contributed by atoms with Gasteiger partial charge in [-0.2, -0.15) is 0 Å². The number of aliphatic hydroxyl groups is 3. The van der Waals surface area contributed by atoms with Crippen molar-refractivity contribution >= 4 is 17.9 Å². The largest absolute Gasteiger partial charge is 0.394 e. The van der Waals surface area contributed by atoms with Gasteiger partial charge in [0.25, 0.3) is 11.8 Å². The second-order valence-electron chi connectivity index (χ2n) is 8.01. The summed E-state index contributed by atoms with van der Waals surface area (Å²) in [5.41, 5.74) is 3.16. The van der Waals surface area contributed by atoms with Crippen molar-refractivity contribution in [3.63, 3.8) is 0 Å².